The summed E-state index contributed by atoms with van der Waals surface area (Å²) in [4.78, 5) is 18.5. The second-order valence-corrected chi connectivity index (χ2v) is 5.99. The normalized spacial score (nSPS) is 14.5. The highest BCUT2D eigenvalue weighted by molar-refractivity contribution is 9.10. The minimum Gasteiger partial charge on any atom is -0.362 e. The van der Waals surface area contributed by atoms with Gasteiger partial charge in [-0.1, -0.05) is 0 Å². The molecule has 1 saturated carbocycles. The number of aromatic nitrogens is 1. The maximum Gasteiger partial charge on any atom is 0.255 e. The number of nitrogens with zero attached hydrogens (tertiary/aromatic N) is 2. The van der Waals surface area contributed by atoms with Gasteiger partial charge in [-0.15, -0.1) is 24.8 Å². The molecule has 0 aliphatic heterocycles. The van der Waals surface area contributed by atoms with Crippen LogP contribution in [0.25, 0.3) is 0 Å². The van der Waals surface area contributed by atoms with Gasteiger partial charge in [-0.05, 0) is 40.8 Å². The van der Waals surface area contributed by atoms with Crippen LogP contribution in [-0.4, -0.2) is 37.6 Å². The second-order valence-electron chi connectivity index (χ2n) is 5.07. The zero-order valence-corrected chi connectivity index (χ0v) is 15.2. The van der Waals surface area contributed by atoms with Gasteiger partial charge in [0.2, 0.25) is 0 Å². The zero-order valence-electron chi connectivity index (χ0n) is 12.0. The summed E-state index contributed by atoms with van der Waals surface area (Å²) in [6.07, 6.45) is 3.99. The third-order valence-electron chi connectivity index (χ3n) is 3.26. The maximum absolute atomic E-state index is 12.4. The molecule has 8 heteroatoms. The number of rotatable bonds is 5. The van der Waals surface area contributed by atoms with E-state index in [1.165, 1.54) is 0 Å². The van der Waals surface area contributed by atoms with E-state index in [4.69, 9.17) is 5.73 Å². The van der Waals surface area contributed by atoms with Crippen LogP contribution in [0.4, 0.5) is 5.82 Å². The molecule has 0 radical (unpaired) electrons. The van der Waals surface area contributed by atoms with Crippen molar-refractivity contribution in [3.05, 3.63) is 22.3 Å². The van der Waals surface area contributed by atoms with E-state index in [0.717, 1.165) is 17.3 Å². The van der Waals surface area contributed by atoms with Gasteiger partial charge in [0.1, 0.15) is 5.82 Å². The van der Waals surface area contributed by atoms with E-state index in [9.17, 15) is 4.79 Å². The number of pyridine rings is 1. The summed E-state index contributed by atoms with van der Waals surface area (Å²) in [5, 5.41) is 3.02. The van der Waals surface area contributed by atoms with Crippen LogP contribution in [0.5, 0.6) is 0 Å². The summed E-state index contributed by atoms with van der Waals surface area (Å²) in [5.41, 5.74) is 6.29. The van der Waals surface area contributed by atoms with Gasteiger partial charge in [0.05, 0.1) is 5.56 Å². The molecule has 21 heavy (non-hydrogen) atoms. The van der Waals surface area contributed by atoms with Gasteiger partial charge in [0.25, 0.3) is 5.91 Å². The Hall–Kier alpha value is -0.560. The predicted octanol–water partition coefficient (Wildman–Crippen LogP) is 2.22. The molecule has 1 amide bonds. The first kappa shape index (κ1) is 20.4. The molecule has 1 heterocycles. The first-order chi connectivity index (χ1) is 9.02. The Balaban J connectivity index is 0.00000200. The van der Waals surface area contributed by atoms with Crippen molar-refractivity contribution in [2.45, 2.75) is 18.9 Å². The van der Waals surface area contributed by atoms with Crippen LogP contribution in [0.3, 0.4) is 0 Å². The standard InChI is InChI=1S/C13H19BrN4O.2ClH/c1-18(2)12-10(5-9(14)7-16-12)13(19)17-11(6-15)8-3-4-8;;/h5,7-8,11H,3-4,6,15H2,1-2H3,(H,17,19);2*1H. The Morgan fingerprint density at radius 2 is 2.14 bits per heavy atom. The van der Waals surface area contributed by atoms with Gasteiger partial charge in [0.15, 0.2) is 0 Å². The van der Waals surface area contributed by atoms with Crippen LogP contribution in [0.15, 0.2) is 16.7 Å². The molecule has 1 aliphatic rings. The largest absolute Gasteiger partial charge is 0.362 e. The van der Waals surface area contributed by atoms with Crippen molar-refractivity contribution in [1.29, 1.82) is 0 Å². The third kappa shape index (κ3) is 5.29. The van der Waals surface area contributed by atoms with Crippen molar-refractivity contribution in [1.82, 2.24) is 10.3 Å². The highest BCUT2D eigenvalue weighted by Gasteiger charge is 2.32. The third-order valence-corrected chi connectivity index (χ3v) is 3.70. The topological polar surface area (TPSA) is 71.2 Å². The molecule has 0 bridgehead atoms. The maximum atomic E-state index is 12.4. The molecular weight excluding hydrogens is 379 g/mol. The Labute approximate surface area is 146 Å². The Morgan fingerprint density at radius 1 is 1.52 bits per heavy atom. The summed E-state index contributed by atoms with van der Waals surface area (Å²) in [5.74, 6) is 1.09. The number of hydrogen-bond donors (Lipinski definition) is 2. The summed E-state index contributed by atoms with van der Waals surface area (Å²) in [6, 6.07) is 1.86. The average molecular weight is 400 g/mol. The molecule has 5 nitrogen and oxygen atoms in total. The number of halogens is 3. The molecule has 0 spiro atoms. The van der Waals surface area contributed by atoms with E-state index >= 15 is 0 Å². The van der Waals surface area contributed by atoms with Crippen LogP contribution in [0, 0.1) is 5.92 Å². The van der Waals surface area contributed by atoms with E-state index < -0.39 is 0 Å². The van der Waals surface area contributed by atoms with Crippen LogP contribution >= 0.6 is 40.7 Å². The molecule has 2 rings (SSSR count). The molecule has 0 aromatic carbocycles. The van der Waals surface area contributed by atoms with E-state index in [-0.39, 0.29) is 36.8 Å². The van der Waals surface area contributed by atoms with Gasteiger partial charge in [0, 0.05) is 37.4 Å². The molecule has 1 aromatic rings. The molecule has 1 unspecified atom stereocenters. The second kappa shape index (κ2) is 8.78. The van der Waals surface area contributed by atoms with Crippen LogP contribution in [-0.2, 0) is 0 Å². The van der Waals surface area contributed by atoms with Crippen molar-refractivity contribution in [3.8, 4) is 0 Å². The fourth-order valence-corrected chi connectivity index (χ4v) is 2.40. The van der Waals surface area contributed by atoms with Gasteiger partial charge in [-0.3, -0.25) is 4.79 Å². The number of nitrogens with one attached hydrogen (secondary N) is 1. The van der Waals surface area contributed by atoms with Crippen molar-refractivity contribution >= 4 is 52.5 Å². The quantitative estimate of drug-likeness (QED) is 0.796. The van der Waals surface area contributed by atoms with Gasteiger partial charge < -0.3 is 16.0 Å². The zero-order chi connectivity index (χ0) is 14.0. The molecule has 0 saturated heterocycles. The smallest absolute Gasteiger partial charge is 0.255 e. The minimum absolute atomic E-state index is 0. The molecule has 1 atom stereocenters. The molecule has 120 valence electrons. The number of anilines is 1. The Bertz CT molecular complexity index is 483. The Morgan fingerprint density at radius 3 is 2.62 bits per heavy atom. The minimum atomic E-state index is -0.111. The number of carbonyl (C=O) groups excluding carboxylic acids is 1. The number of amides is 1. The first-order valence-electron chi connectivity index (χ1n) is 6.36. The molecule has 1 aliphatic carbocycles. The number of carbonyl (C=O) groups is 1. The van der Waals surface area contributed by atoms with E-state index in [1.54, 1.807) is 12.3 Å². The monoisotopic (exact) mass is 398 g/mol. The predicted molar refractivity (Wildman–Crippen MR) is 93.8 cm³/mol. The average Bonchev–Trinajstić information content (AvgIpc) is 3.19. The van der Waals surface area contributed by atoms with Crippen LogP contribution in [0.2, 0.25) is 0 Å². The highest BCUT2D eigenvalue weighted by Crippen LogP contribution is 2.32. The van der Waals surface area contributed by atoms with Crippen molar-refractivity contribution < 1.29 is 4.79 Å². The molecular formula is C13H21BrCl2N4O. The fourth-order valence-electron chi connectivity index (χ4n) is 2.07. The molecule has 3 N–H and O–H groups in total. The van der Waals surface area contributed by atoms with Crippen LogP contribution < -0.4 is 16.0 Å². The van der Waals surface area contributed by atoms with Gasteiger partial charge >= 0.3 is 0 Å². The lowest BCUT2D eigenvalue weighted by molar-refractivity contribution is 0.0933. The summed E-state index contributed by atoms with van der Waals surface area (Å²) in [6.45, 7) is 0.481. The lowest BCUT2D eigenvalue weighted by Crippen LogP contribution is -2.42. The molecule has 1 fully saturated rings. The van der Waals surface area contributed by atoms with Crippen molar-refractivity contribution in [2.24, 2.45) is 11.7 Å². The SMILES string of the molecule is CN(C)c1ncc(Br)cc1C(=O)NC(CN)C1CC1.Cl.Cl. The summed E-state index contributed by atoms with van der Waals surface area (Å²) in [7, 11) is 3.74. The van der Waals surface area contributed by atoms with E-state index in [0.29, 0.717) is 23.8 Å². The Kier molecular flexibility index (Phi) is 8.54. The van der Waals surface area contributed by atoms with Crippen LogP contribution in [0.1, 0.15) is 23.2 Å². The van der Waals surface area contributed by atoms with Gasteiger partial charge in [-0.25, -0.2) is 4.98 Å². The number of nitrogens with two attached hydrogens (primary N) is 1. The first-order valence-corrected chi connectivity index (χ1v) is 7.16. The number of hydrogen-bond acceptors (Lipinski definition) is 4. The molecule has 1 aromatic heterocycles. The van der Waals surface area contributed by atoms with E-state index in [1.807, 2.05) is 19.0 Å². The summed E-state index contributed by atoms with van der Waals surface area (Å²) < 4.78 is 0.791. The van der Waals surface area contributed by atoms with Crippen molar-refractivity contribution in [3.63, 3.8) is 0 Å². The highest BCUT2D eigenvalue weighted by atomic mass is 79.9. The summed E-state index contributed by atoms with van der Waals surface area (Å²) >= 11 is 3.35. The fraction of sp³-hybridized carbons (Fsp3) is 0.538. The lowest BCUT2D eigenvalue weighted by Gasteiger charge is -2.19. The lowest BCUT2D eigenvalue weighted by atomic mass is 10.1. The van der Waals surface area contributed by atoms with Crippen molar-refractivity contribution in [2.75, 3.05) is 25.5 Å². The van der Waals surface area contributed by atoms with Gasteiger partial charge in [-0.2, -0.15) is 0 Å². The van der Waals surface area contributed by atoms with E-state index in [2.05, 4.69) is 26.2 Å².